The van der Waals surface area contributed by atoms with Crippen LogP contribution in [0.4, 0.5) is 0 Å². The number of aromatic nitrogens is 3. The third kappa shape index (κ3) is 1.83. The lowest BCUT2D eigenvalue weighted by atomic mass is 10.4. The minimum absolute atomic E-state index is 0.818. The average molecular weight is 193 g/mol. The highest BCUT2D eigenvalue weighted by Gasteiger charge is 2.01. The van der Waals surface area contributed by atoms with Gasteiger partial charge in [-0.15, -0.1) is 0 Å². The number of aryl methyl sites for hydroxylation is 1. The van der Waals surface area contributed by atoms with Crippen LogP contribution in [0.25, 0.3) is 11.2 Å². The maximum absolute atomic E-state index is 4.37. The Kier molecular flexibility index (Phi) is 2.49. The smallest absolute Gasteiger partial charge is 0.177 e. The summed E-state index contributed by atoms with van der Waals surface area (Å²) in [6.45, 7) is 0. The van der Waals surface area contributed by atoms with Crippen molar-refractivity contribution in [3.8, 4) is 0 Å². The molecule has 0 aliphatic heterocycles. The molecule has 0 fully saturated rings. The van der Waals surface area contributed by atoms with E-state index in [0.717, 1.165) is 29.2 Å². The molecule has 4 heteroatoms. The van der Waals surface area contributed by atoms with Crippen molar-refractivity contribution >= 4 is 22.9 Å². The molecule has 2 heterocycles. The van der Waals surface area contributed by atoms with E-state index in [2.05, 4.69) is 21.2 Å². The van der Waals surface area contributed by atoms with Crippen LogP contribution in [0.1, 0.15) is 5.82 Å². The first kappa shape index (κ1) is 8.56. The van der Waals surface area contributed by atoms with Crippen LogP contribution in [0.15, 0.2) is 18.3 Å². The molecule has 2 aromatic heterocycles. The van der Waals surface area contributed by atoms with Crippen LogP contribution in [0, 0.1) is 0 Å². The van der Waals surface area contributed by atoms with E-state index >= 15 is 0 Å². The zero-order valence-corrected chi connectivity index (χ0v) is 8.27. The van der Waals surface area contributed by atoms with Crippen LogP contribution in [-0.4, -0.2) is 27.0 Å². The lowest BCUT2D eigenvalue weighted by molar-refractivity contribution is 1.01. The number of nitrogens with zero attached hydrogens (tertiary/aromatic N) is 2. The Labute approximate surface area is 81.0 Å². The molecular weight excluding hydrogens is 182 g/mol. The minimum atomic E-state index is 0.818. The molecule has 0 unspecified atom stereocenters. The molecule has 0 atom stereocenters. The average Bonchev–Trinajstić information content (AvgIpc) is 2.57. The van der Waals surface area contributed by atoms with Crippen LogP contribution in [0.3, 0.4) is 0 Å². The van der Waals surface area contributed by atoms with Gasteiger partial charge in [0.2, 0.25) is 0 Å². The molecule has 0 aliphatic carbocycles. The fourth-order valence-electron chi connectivity index (χ4n) is 1.21. The quantitative estimate of drug-likeness (QED) is 0.809. The van der Waals surface area contributed by atoms with Crippen molar-refractivity contribution in [2.45, 2.75) is 6.42 Å². The van der Waals surface area contributed by atoms with Crippen molar-refractivity contribution < 1.29 is 0 Å². The Bertz CT molecular complexity index is 363. The number of fused-ring (bicyclic) bond motifs is 1. The summed E-state index contributed by atoms with van der Waals surface area (Å²) in [5.41, 5.74) is 1.84. The predicted molar refractivity (Wildman–Crippen MR) is 56.0 cm³/mol. The fraction of sp³-hybridized carbons (Fsp3) is 0.333. The standard InChI is InChI=1S/C9H11N3S/c1-13-6-4-8-11-7-3-2-5-10-9(7)12-8/h2-3,5H,4,6H2,1H3,(H,10,11,12). The number of imidazole rings is 1. The molecule has 0 bridgehead atoms. The molecule has 0 aromatic carbocycles. The maximum Gasteiger partial charge on any atom is 0.177 e. The summed E-state index contributed by atoms with van der Waals surface area (Å²) in [4.78, 5) is 11.8. The molecule has 3 nitrogen and oxygen atoms in total. The number of rotatable bonds is 3. The molecule has 68 valence electrons. The Balaban J connectivity index is 2.28. The molecule has 0 saturated carbocycles. The van der Waals surface area contributed by atoms with E-state index in [0.29, 0.717) is 0 Å². The van der Waals surface area contributed by atoms with E-state index in [1.165, 1.54) is 0 Å². The van der Waals surface area contributed by atoms with E-state index in [1.54, 1.807) is 6.20 Å². The van der Waals surface area contributed by atoms with E-state index in [4.69, 9.17) is 0 Å². The molecule has 0 saturated heterocycles. The van der Waals surface area contributed by atoms with E-state index in [9.17, 15) is 0 Å². The van der Waals surface area contributed by atoms with Crippen molar-refractivity contribution in [3.05, 3.63) is 24.2 Å². The Morgan fingerprint density at radius 3 is 3.23 bits per heavy atom. The second-order valence-corrected chi connectivity index (χ2v) is 3.79. The van der Waals surface area contributed by atoms with Crippen LogP contribution >= 0.6 is 11.8 Å². The first-order valence-electron chi connectivity index (χ1n) is 4.18. The van der Waals surface area contributed by atoms with Gasteiger partial charge in [0, 0.05) is 18.4 Å². The summed E-state index contributed by atoms with van der Waals surface area (Å²) in [5.74, 6) is 2.13. The molecule has 0 spiro atoms. The molecule has 0 radical (unpaired) electrons. The zero-order valence-electron chi connectivity index (χ0n) is 7.45. The third-order valence-electron chi connectivity index (χ3n) is 1.85. The van der Waals surface area contributed by atoms with Crippen LogP contribution in [0.2, 0.25) is 0 Å². The first-order valence-corrected chi connectivity index (χ1v) is 5.58. The second-order valence-electron chi connectivity index (χ2n) is 2.80. The van der Waals surface area contributed by atoms with E-state index < -0.39 is 0 Å². The summed E-state index contributed by atoms with van der Waals surface area (Å²) < 4.78 is 0. The minimum Gasteiger partial charge on any atom is -0.341 e. The molecule has 13 heavy (non-hydrogen) atoms. The van der Waals surface area contributed by atoms with Crippen LogP contribution in [0.5, 0.6) is 0 Å². The van der Waals surface area contributed by atoms with Crippen molar-refractivity contribution in [3.63, 3.8) is 0 Å². The summed E-state index contributed by atoms with van der Waals surface area (Å²) in [7, 11) is 0. The largest absolute Gasteiger partial charge is 0.341 e. The summed E-state index contributed by atoms with van der Waals surface area (Å²) in [6, 6.07) is 3.91. The number of H-pyrrole nitrogens is 1. The Hall–Kier alpha value is -1.03. The predicted octanol–water partition coefficient (Wildman–Crippen LogP) is 1.86. The van der Waals surface area contributed by atoms with Crippen molar-refractivity contribution in [1.29, 1.82) is 0 Å². The molecule has 2 aromatic rings. The second kappa shape index (κ2) is 3.79. The van der Waals surface area contributed by atoms with Gasteiger partial charge in [0.25, 0.3) is 0 Å². The Morgan fingerprint density at radius 2 is 2.46 bits per heavy atom. The fourth-order valence-corrected chi connectivity index (χ4v) is 1.61. The number of hydrogen-bond acceptors (Lipinski definition) is 3. The SMILES string of the molecule is CSCCc1nc2ncccc2[nH]1. The highest BCUT2D eigenvalue weighted by Crippen LogP contribution is 2.08. The lowest BCUT2D eigenvalue weighted by Gasteiger charge is -1.90. The van der Waals surface area contributed by atoms with Gasteiger partial charge in [0.15, 0.2) is 5.65 Å². The van der Waals surface area contributed by atoms with Crippen LogP contribution in [-0.2, 0) is 6.42 Å². The lowest BCUT2D eigenvalue weighted by Crippen LogP contribution is -1.89. The van der Waals surface area contributed by atoms with Gasteiger partial charge in [-0.25, -0.2) is 9.97 Å². The Morgan fingerprint density at radius 1 is 1.54 bits per heavy atom. The van der Waals surface area contributed by atoms with Crippen molar-refractivity contribution in [2.75, 3.05) is 12.0 Å². The van der Waals surface area contributed by atoms with Gasteiger partial charge >= 0.3 is 0 Å². The van der Waals surface area contributed by atoms with E-state index in [1.807, 2.05) is 23.9 Å². The molecule has 0 aliphatic rings. The number of hydrogen-bond donors (Lipinski definition) is 1. The number of thioether (sulfide) groups is 1. The van der Waals surface area contributed by atoms with E-state index in [-0.39, 0.29) is 0 Å². The zero-order chi connectivity index (χ0) is 9.10. The van der Waals surface area contributed by atoms with Gasteiger partial charge in [-0.1, -0.05) is 0 Å². The van der Waals surface area contributed by atoms with Gasteiger partial charge in [0.05, 0.1) is 5.52 Å². The summed E-state index contributed by atoms with van der Waals surface area (Å²) in [5, 5.41) is 0. The molecular formula is C9H11N3S. The number of pyridine rings is 1. The maximum atomic E-state index is 4.37. The number of aromatic amines is 1. The van der Waals surface area contributed by atoms with Crippen molar-refractivity contribution in [2.24, 2.45) is 0 Å². The normalized spacial score (nSPS) is 10.8. The molecule has 2 rings (SSSR count). The monoisotopic (exact) mass is 193 g/mol. The van der Waals surface area contributed by atoms with Gasteiger partial charge in [0.1, 0.15) is 5.82 Å². The highest BCUT2D eigenvalue weighted by atomic mass is 32.2. The van der Waals surface area contributed by atoms with Crippen molar-refractivity contribution in [1.82, 2.24) is 15.0 Å². The van der Waals surface area contributed by atoms with Gasteiger partial charge in [-0.2, -0.15) is 11.8 Å². The number of nitrogens with one attached hydrogen (secondary N) is 1. The first-order chi connectivity index (χ1) is 6.40. The third-order valence-corrected chi connectivity index (χ3v) is 2.46. The highest BCUT2D eigenvalue weighted by molar-refractivity contribution is 7.98. The van der Waals surface area contributed by atoms with Crippen LogP contribution < -0.4 is 0 Å². The van der Waals surface area contributed by atoms with Gasteiger partial charge in [-0.3, -0.25) is 0 Å². The summed E-state index contributed by atoms with van der Waals surface area (Å²) in [6.07, 6.45) is 4.85. The molecule has 1 N–H and O–H groups in total. The molecule has 0 amide bonds. The topological polar surface area (TPSA) is 41.6 Å². The van der Waals surface area contributed by atoms with Gasteiger partial charge < -0.3 is 4.98 Å². The van der Waals surface area contributed by atoms with Gasteiger partial charge in [-0.05, 0) is 18.4 Å². The summed E-state index contributed by atoms with van der Waals surface area (Å²) >= 11 is 1.83.